The summed E-state index contributed by atoms with van der Waals surface area (Å²) in [6.07, 6.45) is 8.44. The van der Waals surface area contributed by atoms with Crippen LogP contribution in [-0.2, 0) is 0 Å². The van der Waals surface area contributed by atoms with Crippen molar-refractivity contribution in [2.24, 2.45) is 0 Å². The van der Waals surface area contributed by atoms with E-state index in [4.69, 9.17) is 4.74 Å². The Labute approximate surface area is 157 Å². The summed E-state index contributed by atoms with van der Waals surface area (Å²) in [7, 11) is 0. The van der Waals surface area contributed by atoms with Gasteiger partial charge in [0, 0.05) is 0 Å². The van der Waals surface area contributed by atoms with Gasteiger partial charge in [-0.2, -0.15) is 0 Å². The number of benzene rings is 2. The van der Waals surface area contributed by atoms with E-state index in [-0.39, 0.29) is 0 Å². The molecule has 2 aliphatic heterocycles. The average Bonchev–Trinajstić information content (AvgIpc) is 2.71. The molecule has 138 valence electrons. The minimum atomic E-state index is 0.398. The minimum Gasteiger partial charge on any atom is -0.457 e. The molecule has 0 aliphatic carbocycles. The quantitative estimate of drug-likeness (QED) is 0.713. The van der Waals surface area contributed by atoms with Crippen LogP contribution in [0.25, 0.3) is 0 Å². The number of nitrogens with zero attached hydrogens (tertiary/aromatic N) is 2. The zero-order valence-corrected chi connectivity index (χ0v) is 15.6. The number of hydrogen-bond donors (Lipinski definition) is 0. The number of rotatable bonds is 5. The molecule has 2 fully saturated rings. The molecule has 0 bridgehead atoms. The van der Waals surface area contributed by atoms with Gasteiger partial charge in [0.2, 0.25) is 0 Å². The molecule has 26 heavy (non-hydrogen) atoms. The first-order valence-electron chi connectivity index (χ1n) is 10.2. The Balaban J connectivity index is 1.58. The predicted octanol–water partition coefficient (Wildman–Crippen LogP) is 5.45. The van der Waals surface area contributed by atoms with E-state index in [9.17, 15) is 0 Å². The highest BCUT2D eigenvalue weighted by molar-refractivity contribution is 5.35. The molecular formula is C23H30N2O. The number of ether oxygens (including phenoxy) is 1. The fourth-order valence-corrected chi connectivity index (χ4v) is 4.34. The molecule has 0 aromatic heterocycles. The molecule has 0 atom stereocenters. The summed E-state index contributed by atoms with van der Waals surface area (Å²) >= 11 is 0. The van der Waals surface area contributed by atoms with Gasteiger partial charge in [-0.25, -0.2) is 0 Å². The maximum atomic E-state index is 6.11. The van der Waals surface area contributed by atoms with E-state index in [0.717, 1.165) is 11.5 Å². The number of para-hydroxylation sites is 1. The van der Waals surface area contributed by atoms with Crippen LogP contribution in [0.5, 0.6) is 11.5 Å². The van der Waals surface area contributed by atoms with Crippen molar-refractivity contribution in [2.45, 2.75) is 44.7 Å². The third-order valence-corrected chi connectivity index (χ3v) is 5.61. The lowest BCUT2D eigenvalue weighted by atomic mass is 10.0. The minimum absolute atomic E-state index is 0.398. The van der Waals surface area contributed by atoms with Crippen molar-refractivity contribution in [1.82, 2.24) is 9.80 Å². The van der Waals surface area contributed by atoms with Crippen molar-refractivity contribution in [1.29, 1.82) is 0 Å². The molecule has 0 radical (unpaired) electrons. The molecule has 0 saturated carbocycles. The maximum Gasteiger partial charge on any atom is 0.127 e. The molecule has 2 aromatic rings. The van der Waals surface area contributed by atoms with Gasteiger partial charge in [-0.05, 0) is 81.7 Å². The zero-order valence-electron chi connectivity index (χ0n) is 15.6. The number of likely N-dealkylation sites (tertiary alicyclic amines) is 2. The summed E-state index contributed by atoms with van der Waals surface area (Å²) in [6.45, 7) is 4.85. The van der Waals surface area contributed by atoms with E-state index >= 15 is 0 Å². The Morgan fingerprint density at radius 3 is 1.81 bits per heavy atom. The highest BCUT2D eigenvalue weighted by atomic mass is 16.5. The Bertz CT molecular complexity index is 658. The van der Waals surface area contributed by atoms with Crippen molar-refractivity contribution in [3.63, 3.8) is 0 Å². The fourth-order valence-electron chi connectivity index (χ4n) is 4.34. The van der Waals surface area contributed by atoms with E-state index in [1.807, 2.05) is 30.3 Å². The smallest absolute Gasteiger partial charge is 0.127 e. The second kappa shape index (κ2) is 8.70. The first-order valence-corrected chi connectivity index (χ1v) is 10.2. The highest BCUT2D eigenvalue weighted by Gasteiger charge is 2.29. The second-order valence-electron chi connectivity index (χ2n) is 7.55. The highest BCUT2D eigenvalue weighted by Crippen LogP contribution is 2.33. The van der Waals surface area contributed by atoms with E-state index < -0.39 is 0 Å². The van der Waals surface area contributed by atoms with Crippen molar-refractivity contribution < 1.29 is 4.74 Å². The van der Waals surface area contributed by atoms with Gasteiger partial charge in [-0.15, -0.1) is 0 Å². The Morgan fingerprint density at radius 2 is 1.19 bits per heavy atom. The lowest BCUT2D eigenvalue weighted by Crippen LogP contribution is -2.45. The van der Waals surface area contributed by atoms with E-state index in [1.54, 1.807) is 0 Å². The monoisotopic (exact) mass is 350 g/mol. The molecular weight excluding hydrogens is 320 g/mol. The standard InChI is InChI=1S/C23H30N2O/c1-4-12-21(13-5-1)26-22-14-10-11-20(19-22)23(24-15-6-2-7-16-24)25-17-8-3-9-18-25/h1,4-5,10-14,19,23H,2-3,6-9,15-18H2. The molecule has 0 spiro atoms. The fraction of sp³-hybridized carbons (Fsp3) is 0.478. The van der Waals surface area contributed by atoms with Crippen molar-refractivity contribution in [2.75, 3.05) is 26.2 Å². The van der Waals surface area contributed by atoms with Gasteiger partial charge in [0.05, 0.1) is 6.17 Å². The van der Waals surface area contributed by atoms with E-state index in [0.29, 0.717) is 6.17 Å². The van der Waals surface area contributed by atoms with Gasteiger partial charge in [0.25, 0.3) is 0 Å². The predicted molar refractivity (Wildman–Crippen MR) is 107 cm³/mol. The third-order valence-electron chi connectivity index (χ3n) is 5.61. The lowest BCUT2D eigenvalue weighted by Gasteiger charge is -2.43. The molecule has 0 N–H and O–H groups in total. The van der Waals surface area contributed by atoms with Crippen LogP contribution in [0.3, 0.4) is 0 Å². The van der Waals surface area contributed by atoms with Crippen LogP contribution in [0, 0.1) is 0 Å². The third kappa shape index (κ3) is 4.28. The SMILES string of the molecule is c1ccc(Oc2cccc(C(N3CCCCC3)N3CCCCC3)c2)cc1. The first kappa shape index (κ1) is 17.6. The molecule has 4 rings (SSSR count). The van der Waals surface area contributed by atoms with Gasteiger partial charge < -0.3 is 4.74 Å². The maximum absolute atomic E-state index is 6.11. The first-order chi connectivity index (χ1) is 12.9. The molecule has 0 amide bonds. The van der Waals surface area contributed by atoms with Crippen molar-refractivity contribution in [3.05, 3.63) is 60.2 Å². The number of piperidine rings is 2. The Kier molecular flexibility index (Phi) is 5.88. The van der Waals surface area contributed by atoms with Gasteiger partial charge in [-0.1, -0.05) is 43.2 Å². The molecule has 3 heteroatoms. The van der Waals surface area contributed by atoms with Gasteiger partial charge in [0.1, 0.15) is 11.5 Å². The van der Waals surface area contributed by atoms with Crippen molar-refractivity contribution >= 4 is 0 Å². The molecule has 3 nitrogen and oxygen atoms in total. The summed E-state index contributed by atoms with van der Waals surface area (Å²) in [5.74, 6) is 1.84. The van der Waals surface area contributed by atoms with Crippen molar-refractivity contribution in [3.8, 4) is 11.5 Å². The summed E-state index contributed by atoms with van der Waals surface area (Å²) in [5.41, 5.74) is 1.38. The van der Waals surface area contributed by atoms with Gasteiger partial charge in [-0.3, -0.25) is 9.80 Å². The van der Waals surface area contributed by atoms with Crippen LogP contribution in [0.15, 0.2) is 54.6 Å². The van der Waals surface area contributed by atoms with Crippen LogP contribution in [0.2, 0.25) is 0 Å². The normalized spacial score (nSPS) is 19.6. The Morgan fingerprint density at radius 1 is 0.615 bits per heavy atom. The topological polar surface area (TPSA) is 15.7 Å². The number of hydrogen-bond acceptors (Lipinski definition) is 3. The van der Waals surface area contributed by atoms with Gasteiger partial charge in [0.15, 0.2) is 0 Å². The zero-order chi connectivity index (χ0) is 17.6. The largest absolute Gasteiger partial charge is 0.457 e. The molecule has 2 aliphatic rings. The summed E-state index contributed by atoms with van der Waals surface area (Å²) in [5, 5.41) is 0. The van der Waals surface area contributed by atoms with E-state index in [2.05, 4.69) is 34.1 Å². The summed E-state index contributed by atoms with van der Waals surface area (Å²) < 4.78 is 6.11. The van der Waals surface area contributed by atoms with Crippen LogP contribution in [-0.4, -0.2) is 36.0 Å². The summed E-state index contributed by atoms with van der Waals surface area (Å²) in [4.78, 5) is 5.38. The molecule has 2 heterocycles. The lowest BCUT2D eigenvalue weighted by molar-refractivity contribution is 0.0156. The van der Waals surface area contributed by atoms with Crippen LogP contribution in [0.1, 0.15) is 50.3 Å². The van der Waals surface area contributed by atoms with Gasteiger partial charge >= 0.3 is 0 Å². The molecule has 0 unspecified atom stereocenters. The van der Waals surface area contributed by atoms with E-state index in [1.165, 1.54) is 70.3 Å². The Hall–Kier alpha value is -1.84. The van der Waals surface area contributed by atoms with Crippen LogP contribution >= 0.6 is 0 Å². The average molecular weight is 351 g/mol. The van der Waals surface area contributed by atoms with Crippen LogP contribution < -0.4 is 4.74 Å². The second-order valence-corrected chi connectivity index (χ2v) is 7.55. The summed E-state index contributed by atoms with van der Waals surface area (Å²) in [6, 6.07) is 18.8. The van der Waals surface area contributed by atoms with Crippen LogP contribution in [0.4, 0.5) is 0 Å². The molecule has 2 aromatic carbocycles. The molecule has 2 saturated heterocycles.